The smallest absolute Gasteiger partial charge is 0.261 e. The molecule has 5 nitrogen and oxygen atoms in total. The third-order valence-corrected chi connectivity index (χ3v) is 4.60. The van der Waals surface area contributed by atoms with Crippen LogP contribution < -0.4 is 9.64 Å². The minimum atomic E-state index is -0.165. The van der Waals surface area contributed by atoms with Crippen LogP contribution in [-0.2, 0) is 16.2 Å². The molecule has 0 N–H and O–H groups in total. The average Bonchev–Trinajstić information content (AvgIpc) is 2.93. The van der Waals surface area contributed by atoms with Crippen molar-refractivity contribution in [2.45, 2.75) is 32.3 Å². The number of amides is 2. The van der Waals surface area contributed by atoms with Crippen LogP contribution in [0.3, 0.4) is 0 Å². The molecule has 2 heterocycles. The summed E-state index contributed by atoms with van der Waals surface area (Å²) in [6, 6.07) is 12.7. The molecule has 1 aromatic carbocycles. The lowest BCUT2D eigenvalue weighted by Crippen LogP contribution is -2.31. The molecule has 0 fully saturated rings. The van der Waals surface area contributed by atoms with Crippen molar-refractivity contribution in [3.05, 3.63) is 65.5 Å². The summed E-state index contributed by atoms with van der Waals surface area (Å²) in [6.45, 7) is 0.373. The van der Waals surface area contributed by atoms with E-state index in [2.05, 4.69) is 4.98 Å². The Bertz CT molecular complexity index is 813. The van der Waals surface area contributed by atoms with E-state index < -0.39 is 0 Å². The molecule has 1 aliphatic heterocycles. The van der Waals surface area contributed by atoms with Crippen LogP contribution in [0.25, 0.3) is 0 Å². The Hall–Kier alpha value is -2.95. The third kappa shape index (κ3) is 2.93. The summed E-state index contributed by atoms with van der Waals surface area (Å²) >= 11 is 0. The first-order chi connectivity index (χ1) is 12.2. The number of benzene rings is 1. The van der Waals surface area contributed by atoms with Crippen LogP contribution in [0.15, 0.2) is 59.8 Å². The first-order valence-corrected chi connectivity index (χ1v) is 8.47. The number of hydrogen-bond donors (Lipinski definition) is 0. The van der Waals surface area contributed by atoms with Crippen LogP contribution in [0.2, 0.25) is 0 Å². The van der Waals surface area contributed by atoms with Crippen molar-refractivity contribution in [1.29, 1.82) is 0 Å². The van der Waals surface area contributed by atoms with Crippen molar-refractivity contribution < 1.29 is 14.3 Å². The summed E-state index contributed by atoms with van der Waals surface area (Å²) in [6.07, 6.45) is 5.10. The average molecular weight is 334 g/mol. The van der Waals surface area contributed by atoms with Crippen LogP contribution in [0.5, 0.6) is 5.75 Å². The van der Waals surface area contributed by atoms with E-state index in [1.54, 1.807) is 30.5 Å². The summed E-state index contributed by atoms with van der Waals surface area (Å²) < 4.78 is 5.70. The molecule has 0 saturated heterocycles. The van der Waals surface area contributed by atoms with E-state index >= 15 is 0 Å². The first kappa shape index (κ1) is 15.6. The highest BCUT2D eigenvalue weighted by atomic mass is 16.5. The number of nitrogens with zero attached hydrogens (tertiary/aromatic N) is 2. The van der Waals surface area contributed by atoms with Gasteiger partial charge in [0.05, 0.1) is 11.4 Å². The summed E-state index contributed by atoms with van der Waals surface area (Å²) in [5, 5.41) is 0. The van der Waals surface area contributed by atoms with Gasteiger partial charge < -0.3 is 4.74 Å². The zero-order chi connectivity index (χ0) is 17.2. The van der Waals surface area contributed by atoms with Gasteiger partial charge in [-0.15, -0.1) is 0 Å². The van der Waals surface area contributed by atoms with E-state index in [9.17, 15) is 9.59 Å². The molecule has 2 amide bonds. The standard InChI is InChI=1S/C20H18N2O3/c23-19-17-6-1-2-7-18(17)20(24)22(19)15-8-10-16(11-9-15)25-13-14-5-3-4-12-21-14/h3-5,8-12H,1-2,6-7,13H2. The number of carbonyl (C=O) groups is 2. The Morgan fingerprint density at radius 1 is 0.920 bits per heavy atom. The van der Waals surface area contributed by atoms with E-state index in [1.807, 2.05) is 18.2 Å². The van der Waals surface area contributed by atoms with Gasteiger partial charge in [0.2, 0.25) is 0 Å². The predicted octanol–water partition coefficient (Wildman–Crippen LogP) is 3.40. The molecule has 5 heteroatoms. The topological polar surface area (TPSA) is 59.5 Å². The van der Waals surface area contributed by atoms with Crippen LogP contribution >= 0.6 is 0 Å². The van der Waals surface area contributed by atoms with Gasteiger partial charge in [0.25, 0.3) is 11.8 Å². The monoisotopic (exact) mass is 334 g/mol. The van der Waals surface area contributed by atoms with Crippen molar-refractivity contribution in [2.24, 2.45) is 0 Å². The zero-order valence-electron chi connectivity index (χ0n) is 13.8. The normalized spacial score (nSPS) is 17.0. The van der Waals surface area contributed by atoms with Crippen molar-refractivity contribution in [3.8, 4) is 5.75 Å². The minimum Gasteiger partial charge on any atom is -0.487 e. The SMILES string of the molecule is O=C1C2=C(CCCC2)C(=O)N1c1ccc(OCc2ccccn2)cc1. The van der Waals surface area contributed by atoms with Crippen molar-refractivity contribution >= 4 is 17.5 Å². The lowest BCUT2D eigenvalue weighted by Gasteiger charge is -2.15. The minimum absolute atomic E-state index is 0.165. The summed E-state index contributed by atoms with van der Waals surface area (Å²) in [7, 11) is 0. The van der Waals surface area contributed by atoms with Gasteiger partial charge in [-0.3, -0.25) is 14.6 Å². The van der Waals surface area contributed by atoms with E-state index in [0.29, 0.717) is 42.0 Å². The maximum Gasteiger partial charge on any atom is 0.261 e. The van der Waals surface area contributed by atoms with Crippen LogP contribution in [0, 0.1) is 0 Å². The second-order valence-corrected chi connectivity index (χ2v) is 6.21. The summed E-state index contributed by atoms with van der Waals surface area (Å²) in [5.41, 5.74) is 2.83. The number of pyridine rings is 1. The fourth-order valence-corrected chi connectivity index (χ4v) is 3.31. The van der Waals surface area contributed by atoms with Crippen molar-refractivity contribution in [2.75, 3.05) is 4.90 Å². The molecule has 2 aliphatic rings. The fraction of sp³-hybridized carbons (Fsp3) is 0.250. The van der Waals surface area contributed by atoms with Gasteiger partial charge in [0.1, 0.15) is 12.4 Å². The number of rotatable bonds is 4. The summed E-state index contributed by atoms with van der Waals surface area (Å²) in [5.74, 6) is 0.343. The lowest BCUT2D eigenvalue weighted by molar-refractivity contribution is -0.120. The Morgan fingerprint density at radius 3 is 2.20 bits per heavy atom. The third-order valence-electron chi connectivity index (χ3n) is 4.60. The molecular weight excluding hydrogens is 316 g/mol. The fourth-order valence-electron chi connectivity index (χ4n) is 3.31. The Balaban J connectivity index is 1.47. The van der Waals surface area contributed by atoms with Gasteiger partial charge in [-0.25, -0.2) is 4.90 Å². The first-order valence-electron chi connectivity index (χ1n) is 8.47. The van der Waals surface area contributed by atoms with Crippen LogP contribution in [0.1, 0.15) is 31.4 Å². The lowest BCUT2D eigenvalue weighted by atomic mass is 9.93. The molecule has 25 heavy (non-hydrogen) atoms. The second-order valence-electron chi connectivity index (χ2n) is 6.21. The largest absolute Gasteiger partial charge is 0.487 e. The molecular formula is C20H18N2O3. The second kappa shape index (κ2) is 6.51. The van der Waals surface area contributed by atoms with Crippen LogP contribution in [0.4, 0.5) is 5.69 Å². The number of carbonyl (C=O) groups excluding carboxylic acids is 2. The molecule has 0 bridgehead atoms. The van der Waals surface area contributed by atoms with Gasteiger partial charge >= 0.3 is 0 Å². The molecule has 4 rings (SSSR count). The van der Waals surface area contributed by atoms with E-state index in [1.165, 1.54) is 4.90 Å². The molecule has 0 atom stereocenters. The molecule has 1 aromatic heterocycles. The van der Waals surface area contributed by atoms with Gasteiger partial charge in [0, 0.05) is 17.3 Å². The molecule has 0 unspecified atom stereocenters. The molecule has 2 aromatic rings. The zero-order valence-corrected chi connectivity index (χ0v) is 13.8. The number of hydrogen-bond acceptors (Lipinski definition) is 4. The molecule has 126 valence electrons. The number of imide groups is 1. The molecule has 0 radical (unpaired) electrons. The highest BCUT2D eigenvalue weighted by Gasteiger charge is 2.39. The number of anilines is 1. The van der Waals surface area contributed by atoms with Crippen LogP contribution in [-0.4, -0.2) is 16.8 Å². The number of ether oxygens (including phenoxy) is 1. The van der Waals surface area contributed by atoms with Crippen molar-refractivity contribution in [1.82, 2.24) is 4.98 Å². The Morgan fingerprint density at radius 2 is 1.60 bits per heavy atom. The van der Waals surface area contributed by atoms with Gasteiger partial charge in [0.15, 0.2) is 0 Å². The quantitative estimate of drug-likeness (QED) is 0.804. The Labute approximate surface area is 145 Å². The predicted molar refractivity (Wildman–Crippen MR) is 93.0 cm³/mol. The van der Waals surface area contributed by atoms with E-state index in [-0.39, 0.29) is 11.8 Å². The highest BCUT2D eigenvalue weighted by molar-refractivity contribution is 6.33. The maximum atomic E-state index is 12.6. The van der Waals surface area contributed by atoms with Crippen molar-refractivity contribution in [3.63, 3.8) is 0 Å². The maximum absolute atomic E-state index is 12.6. The van der Waals surface area contributed by atoms with Gasteiger partial charge in [-0.2, -0.15) is 0 Å². The van der Waals surface area contributed by atoms with E-state index in [0.717, 1.165) is 18.5 Å². The highest BCUT2D eigenvalue weighted by Crippen LogP contribution is 2.35. The van der Waals surface area contributed by atoms with E-state index in [4.69, 9.17) is 4.74 Å². The molecule has 0 saturated carbocycles. The Kier molecular flexibility index (Phi) is 4.06. The molecule has 1 aliphatic carbocycles. The molecule has 0 spiro atoms. The van der Waals surface area contributed by atoms with Gasteiger partial charge in [-0.05, 0) is 62.1 Å². The number of aromatic nitrogens is 1. The summed E-state index contributed by atoms with van der Waals surface area (Å²) in [4.78, 5) is 30.6. The van der Waals surface area contributed by atoms with Gasteiger partial charge in [-0.1, -0.05) is 6.07 Å².